The molecule has 0 radical (unpaired) electrons. The van der Waals surface area contributed by atoms with Crippen LogP contribution in [-0.2, 0) is 6.18 Å². The van der Waals surface area contributed by atoms with E-state index in [1.165, 1.54) is 0 Å². The highest BCUT2D eigenvalue weighted by atomic mass is 19.4. The Labute approximate surface area is 145 Å². The van der Waals surface area contributed by atoms with Crippen molar-refractivity contribution in [2.24, 2.45) is 0 Å². The van der Waals surface area contributed by atoms with Crippen LogP contribution in [0.1, 0.15) is 24.2 Å². The number of rotatable bonds is 3. The van der Waals surface area contributed by atoms with Crippen molar-refractivity contribution in [2.45, 2.75) is 31.5 Å². The number of halogens is 3. The van der Waals surface area contributed by atoms with Crippen LogP contribution in [0, 0.1) is 6.92 Å². The molecule has 1 atom stereocenters. The van der Waals surface area contributed by atoms with Gasteiger partial charge in [-0.2, -0.15) is 13.2 Å². The fourth-order valence-corrected chi connectivity index (χ4v) is 3.45. The van der Waals surface area contributed by atoms with Gasteiger partial charge in [-0.1, -0.05) is 0 Å². The summed E-state index contributed by atoms with van der Waals surface area (Å²) in [5.41, 5.74) is -1.31. The third-order valence-electron chi connectivity index (χ3n) is 4.76. The molecule has 0 amide bonds. The lowest BCUT2D eigenvalue weighted by atomic mass is 9.93. The number of nitrogens with one attached hydrogen (secondary N) is 1. The van der Waals surface area contributed by atoms with Crippen LogP contribution in [0.2, 0.25) is 0 Å². The number of piperazine rings is 1. The standard InChI is InChI=1S/C16H24F3N5O/c1-12-9-13(16(17,18)19)22-14(21-12)24-7-5-23(6-8-24)11-15(25)3-2-4-20-10-15/h9,20,25H,2-8,10-11H2,1H3/t15-/m0/s1. The molecular weight excluding hydrogens is 335 g/mol. The maximum absolute atomic E-state index is 12.9. The summed E-state index contributed by atoms with van der Waals surface area (Å²) in [4.78, 5) is 11.8. The largest absolute Gasteiger partial charge is 0.433 e. The van der Waals surface area contributed by atoms with Crippen molar-refractivity contribution < 1.29 is 18.3 Å². The van der Waals surface area contributed by atoms with Crippen LogP contribution in [-0.4, -0.2) is 71.4 Å². The number of alkyl halides is 3. The van der Waals surface area contributed by atoms with Crippen molar-refractivity contribution >= 4 is 5.95 Å². The van der Waals surface area contributed by atoms with Gasteiger partial charge in [-0.25, -0.2) is 9.97 Å². The lowest BCUT2D eigenvalue weighted by molar-refractivity contribution is -0.141. The van der Waals surface area contributed by atoms with Gasteiger partial charge in [0.05, 0.1) is 5.60 Å². The van der Waals surface area contributed by atoms with Crippen LogP contribution < -0.4 is 10.2 Å². The second-order valence-electron chi connectivity index (χ2n) is 6.96. The predicted octanol–water partition coefficient (Wildman–Crippen LogP) is 1.04. The number of aryl methyl sites for hydroxylation is 1. The predicted molar refractivity (Wildman–Crippen MR) is 87.5 cm³/mol. The van der Waals surface area contributed by atoms with Gasteiger partial charge in [0.25, 0.3) is 0 Å². The number of nitrogens with zero attached hydrogens (tertiary/aromatic N) is 4. The summed E-state index contributed by atoms with van der Waals surface area (Å²) in [5, 5.41) is 13.8. The Morgan fingerprint density at radius 1 is 1.24 bits per heavy atom. The second kappa shape index (κ2) is 7.05. The Balaban J connectivity index is 1.61. The molecule has 3 rings (SSSR count). The van der Waals surface area contributed by atoms with Crippen LogP contribution in [0.3, 0.4) is 0 Å². The minimum absolute atomic E-state index is 0.130. The maximum atomic E-state index is 12.9. The minimum atomic E-state index is -4.47. The molecule has 2 N–H and O–H groups in total. The summed E-state index contributed by atoms with van der Waals surface area (Å²) in [6.45, 7) is 6.07. The molecule has 25 heavy (non-hydrogen) atoms. The molecule has 1 aromatic heterocycles. The zero-order valence-corrected chi connectivity index (χ0v) is 14.3. The molecule has 0 bridgehead atoms. The van der Waals surface area contributed by atoms with Gasteiger partial charge in [-0.15, -0.1) is 0 Å². The van der Waals surface area contributed by atoms with E-state index >= 15 is 0 Å². The van der Waals surface area contributed by atoms with Crippen LogP contribution >= 0.6 is 0 Å². The Morgan fingerprint density at radius 2 is 1.96 bits per heavy atom. The molecule has 0 saturated carbocycles. The van der Waals surface area contributed by atoms with Crippen molar-refractivity contribution in [3.8, 4) is 0 Å². The fourth-order valence-electron chi connectivity index (χ4n) is 3.45. The first-order valence-electron chi connectivity index (χ1n) is 8.58. The van der Waals surface area contributed by atoms with Crippen molar-refractivity contribution in [1.29, 1.82) is 0 Å². The van der Waals surface area contributed by atoms with Gasteiger partial charge >= 0.3 is 6.18 Å². The highest BCUT2D eigenvalue weighted by molar-refractivity contribution is 5.34. The molecule has 2 fully saturated rings. The minimum Gasteiger partial charge on any atom is -0.387 e. The summed E-state index contributed by atoms with van der Waals surface area (Å²) in [6.07, 6.45) is -2.74. The molecule has 6 nitrogen and oxygen atoms in total. The number of hydrogen-bond donors (Lipinski definition) is 2. The first-order chi connectivity index (χ1) is 11.8. The lowest BCUT2D eigenvalue weighted by Gasteiger charge is -2.41. The van der Waals surface area contributed by atoms with E-state index in [9.17, 15) is 18.3 Å². The van der Waals surface area contributed by atoms with E-state index < -0.39 is 17.5 Å². The zero-order valence-electron chi connectivity index (χ0n) is 14.3. The number of hydrogen-bond acceptors (Lipinski definition) is 6. The third kappa shape index (κ3) is 4.59. The Morgan fingerprint density at radius 3 is 2.56 bits per heavy atom. The Bertz CT molecular complexity index is 596. The van der Waals surface area contributed by atoms with Crippen LogP contribution in [0.5, 0.6) is 0 Å². The van der Waals surface area contributed by atoms with E-state index in [0.29, 0.717) is 45.0 Å². The van der Waals surface area contributed by atoms with Gasteiger partial charge in [-0.05, 0) is 32.4 Å². The number of piperidine rings is 1. The molecule has 0 spiro atoms. The average molecular weight is 359 g/mol. The molecule has 2 saturated heterocycles. The lowest BCUT2D eigenvalue weighted by Crippen LogP contribution is -2.56. The summed E-state index contributed by atoms with van der Waals surface area (Å²) >= 11 is 0. The quantitative estimate of drug-likeness (QED) is 0.841. The van der Waals surface area contributed by atoms with Crippen molar-refractivity contribution in [2.75, 3.05) is 50.7 Å². The second-order valence-corrected chi connectivity index (χ2v) is 6.96. The first kappa shape index (κ1) is 18.3. The van der Waals surface area contributed by atoms with Crippen molar-refractivity contribution in [3.63, 3.8) is 0 Å². The fraction of sp³-hybridized carbons (Fsp3) is 0.750. The molecule has 0 aromatic carbocycles. The molecule has 1 aromatic rings. The zero-order chi connectivity index (χ0) is 18.1. The van der Waals surface area contributed by atoms with Crippen molar-refractivity contribution in [3.05, 3.63) is 17.5 Å². The maximum Gasteiger partial charge on any atom is 0.433 e. The smallest absolute Gasteiger partial charge is 0.387 e. The van der Waals surface area contributed by atoms with Gasteiger partial charge in [0, 0.05) is 45.0 Å². The molecular formula is C16H24F3N5O. The topological polar surface area (TPSA) is 64.5 Å². The van der Waals surface area contributed by atoms with E-state index in [1.807, 2.05) is 0 Å². The monoisotopic (exact) mass is 359 g/mol. The summed E-state index contributed by atoms with van der Waals surface area (Å²) in [7, 11) is 0. The van der Waals surface area contributed by atoms with Crippen molar-refractivity contribution in [1.82, 2.24) is 20.2 Å². The highest BCUT2D eigenvalue weighted by Crippen LogP contribution is 2.29. The van der Waals surface area contributed by atoms with E-state index in [2.05, 4.69) is 20.2 Å². The molecule has 9 heteroatoms. The Hall–Kier alpha value is -1.45. The summed E-state index contributed by atoms with van der Waals surface area (Å²) in [6, 6.07) is 0.964. The first-order valence-corrected chi connectivity index (χ1v) is 8.58. The van der Waals surface area contributed by atoms with Crippen LogP contribution in [0.25, 0.3) is 0 Å². The number of β-amino-alcohol motifs (C(OH)–C–C–N with tert-alkyl or cyclic N) is 1. The van der Waals surface area contributed by atoms with Crippen LogP contribution in [0.15, 0.2) is 6.07 Å². The van der Waals surface area contributed by atoms with E-state index in [4.69, 9.17) is 0 Å². The van der Waals surface area contributed by atoms with Crippen LogP contribution in [0.4, 0.5) is 19.1 Å². The van der Waals surface area contributed by atoms with Gasteiger partial charge in [0.2, 0.25) is 5.95 Å². The molecule has 3 heterocycles. The third-order valence-corrected chi connectivity index (χ3v) is 4.76. The summed E-state index contributed by atoms with van der Waals surface area (Å²) < 4.78 is 38.8. The van der Waals surface area contributed by atoms with Gasteiger partial charge in [0.1, 0.15) is 5.69 Å². The number of aromatic nitrogens is 2. The van der Waals surface area contributed by atoms with Gasteiger partial charge < -0.3 is 15.3 Å². The normalized spacial score (nSPS) is 26.0. The number of aliphatic hydroxyl groups is 1. The molecule has 2 aliphatic rings. The van der Waals surface area contributed by atoms with E-state index in [-0.39, 0.29) is 5.95 Å². The molecule has 140 valence electrons. The molecule has 0 unspecified atom stereocenters. The Kier molecular flexibility index (Phi) is 5.17. The molecule has 2 aliphatic heterocycles. The SMILES string of the molecule is Cc1cc(C(F)(F)F)nc(N2CCN(C[C@]3(O)CCCNC3)CC2)n1. The number of anilines is 1. The molecule has 0 aliphatic carbocycles. The highest BCUT2D eigenvalue weighted by Gasteiger charge is 2.35. The van der Waals surface area contributed by atoms with Gasteiger partial charge in [-0.3, -0.25) is 4.90 Å². The average Bonchev–Trinajstić information content (AvgIpc) is 2.54. The van der Waals surface area contributed by atoms with E-state index in [0.717, 1.165) is 25.5 Å². The summed E-state index contributed by atoms with van der Waals surface area (Å²) in [5.74, 6) is 0.130. The van der Waals surface area contributed by atoms with Gasteiger partial charge in [0.15, 0.2) is 0 Å². The van der Waals surface area contributed by atoms with E-state index in [1.54, 1.807) is 11.8 Å².